The SMILES string of the molecule is CCOC[C@@H]1C[C@@]2(C)C(=O)[C@]1(C(=O)OC)C(c1ccccc1)=C2c1ccccc1. The highest BCUT2D eigenvalue weighted by molar-refractivity contribution is 6.31. The van der Waals surface area contributed by atoms with Crippen molar-refractivity contribution in [3.05, 3.63) is 71.8 Å². The Hall–Kier alpha value is -2.72. The van der Waals surface area contributed by atoms with E-state index in [9.17, 15) is 9.59 Å². The van der Waals surface area contributed by atoms with Gasteiger partial charge in [-0.25, -0.2) is 0 Å². The maximum Gasteiger partial charge on any atom is 0.324 e. The molecular formula is C25H26O4. The van der Waals surface area contributed by atoms with Gasteiger partial charge in [-0.3, -0.25) is 9.59 Å². The lowest BCUT2D eigenvalue weighted by molar-refractivity contribution is -0.156. The Balaban J connectivity index is 2.06. The Morgan fingerprint density at radius 2 is 1.55 bits per heavy atom. The van der Waals surface area contributed by atoms with E-state index in [0.29, 0.717) is 19.6 Å². The van der Waals surface area contributed by atoms with E-state index in [2.05, 4.69) is 0 Å². The van der Waals surface area contributed by atoms with Gasteiger partial charge in [0, 0.05) is 12.5 Å². The molecule has 0 amide bonds. The van der Waals surface area contributed by atoms with Gasteiger partial charge in [-0.15, -0.1) is 0 Å². The monoisotopic (exact) mass is 390 g/mol. The molecule has 0 aliphatic heterocycles. The fourth-order valence-corrected chi connectivity index (χ4v) is 5.38. The normalized spacial score (nSPS) is 28.1. The zero-order valence-electron chi connectivity index (χ0n) is 17.1. The van der Waals surface area contributed by atoms with Crippen LogP contribution in [0.15, 0.2) is 60.7 Å². The number of allylic oxidation sites excluding steroid dienone is 1. The molecule has 0 heterocycles. The van der Waals surface area contributed by atoms with E-state index in [1.807, 2.05) is 74.5 Å². The average molecular weight is 390 g/mol. The second kappa shape index (κ2) is 7.27. The van der Waals surface area contributed by atoms with Crippen molar-refractivity contribution in [2.45, 2.75) is 20.3 Å². The number of carbonyl (C=O) groups is 2. The lowest BCUT2D eigenvalue weighted by Crippen LogP contribution is -2.43. The van der Waals surface area contributed by atoms with Crippen molar-refractivity contribution in [3.8, 4) is 0 Å². The van der Waals surface area contributed by atoms with Crippen LogP contribution in [0.3, 0.4) is 0 Å². The Bertz CT molecular complexity index is 963. The van der Waals surface area contributed by atoms with Crippen molar-refractivity contribution in [3.63, 3.8) is 0 Å². The number of hydrogen-bond donors (Lipinski definition) is 0. The van der Waals surface area contributed by atoms with E-state index in [4.69, 9.17) is 9.47 Å². The molecule has 0 spiro atoms. The molecule has 0 N–H and O–H groups in total. The number of benzene rings is 2. The minimum absolute atomic E-state index is 0.0701. The van der Waals surface area contributed by atoms with Gasteiger partial charge in [0.15, 0.2) is 11.2 Å². The molecule has 2 aliphatic carbocycles. The first kappa shape index (κ1) is 19.6. The largest absolute Gasteiger partial charge is 0.468 e. The maximum absolute atomic E-state index is 14.0. The van der Waals surface area contributed by atoms with Gasteiger partial charge < -0.3 is 9.47 Å². The van der Waals surface area contributed by atoms with Gasteiger partial charge in [0.05, 0.1) is 19.1 Å². The topological polar surface area (TPSA) is 52.6 Å². The van der Waals surface area contributed by atoms with Crippen molar-refractivity contribution < 1.29 is 19.1 Å². The number of carbonyl (C=O) groups excluding carboxylic acids is 2. The van der Waals surface area contributed by atoms with E-state index in [0.717, 1.165) is 22.3 Å². The van der Waals surface area contributed by atoms with Gasteiger partial charge in [0.2, 0.25) is 0 Å². The third kappa shape index (κ3) is 2.62. The molecule has 150 valence electrons. The van der Waals surface area contributed by atoms with Crippen LogP contribution >= 0.6 is 0 Å². The number of fused-ring (bicyclic) bond motifs is 2. The third-order valence-electron chi connectivity index (χ3n) is 6.48. The summed E-state index contributed by atoms with van der Waals surface area (Å²) in [7, 11) is 1.36. The van der Waals surface area contributed by atoms with Gasteiger partial charge in [0.25, 0.3) is 0 Å². The van der Waals surface area contributed by atoms with Gasteiger partial charge >= 0.3 is 5.97 Å². The van der Waals surface area contributed by atoms with Crippen LogP contribution in [-0.2, 0) is 19.1 Å². The summed E-state index contributed by atoms with van der Waals surface area (Å²) in [6.07, 6.45) is 0.571. The summed E-state index contributed by atoms with van der Waals surface area (Å²) in [5.74, 6) is -0.810. The van der Waals surface area contributed by atoms with Crippen molar-refractivity contribution >= 4 is 22.9 Å². The van der Waals surface area contributed by atoms with Gasteiger partial charge in [0.1, 0.15) is 0 Å². The average Bonchev–Trinajstić information content (AvgIpc) is 3.11. The smallest absolute Gasteiger partial charge is 0.324 e. The second-order valence-corrected chi connectivity index (χ2v) is 8.00. The number of methoxy groups -OCH3 is 1. The highest BCUT2D eigenvalue weighted by Gasteiger charge is 2.73. The summed E-state index contributed by atoms with van der Waals surface area (Å²) in [6, 6.07) is 19.7. The summed E-state index contributed by atoms with van der Waals surface area (Å²) >= 11 is 0. The first-order chi connectivity index (χ1) is 14.0. The number of rotatable bonds is 6. The van der Waals surface area contributed by atoms with Crippen LogP contribution < -0.4 is 0 Å². The van der Waals surface area contributed by atoms with Crippen LogP contribution in [0.1, 0.15) is 31.4 Å². The molecular weight excluding hydrogens is 364 g/mol. The Morgan fingerprint density at radius 3 is 2.07 bits per heavy atom. The maximum atomic E-state index is 14.0. The zero-order valence-corrected chi connectivity index (χ0v) is 17.1. The van der Waals surface area contributed by atoms with Crippen LogP contribution in [0.4, 0.5) is 0 Å². The van der Waals surface area contributed by atoms with E-state index in [1.54, 1.807) is 0 Å². The number of esters is 1. The molecule has 0 aromatic heterocycles. The molecule has 0 saturated heterocycles. The van der Waals surface area contributed by atoms with Gasteiger partial charge in [-0.05, 0) is 42.5 Å². The molecule has 4 heteroatoms. The quantitative estimate of drug-likeness (QED) is 0.542. The van der Waals surface area contributed by atoms with E-state index in [-0.39, 0.29) is 11.7 Å². The van der Waals surface area contributed by atoms with Crippen molar-refractivity contribution in [2.24, 2.45) is 16.7 Å². The summed E-state index contributed by atoms with van der Waals surface area (Å²) in [5, 5.41) is 0. The first-order valence-corrected chi connectivity index (χ1v) is 10.1. The minimum Gasteiger partial charge on any atom is -0.468 e. The molecule has 3 atom stereocenters. The predicted molar refractivity (Wildman–Crippen MR) is 112 cm³/mol. The molecule has 1 saturated carbocycles. The molecule has 0 radical (unpaired) electrons. The lowest BCUT2D eigenvalue weighted by Gasteiger charge is -2.36. The molecule has 2 aromatic rings. The Labute approximate surface area is 171 Å². The number of ether oxygens (including phenoxy) is 2. The summed E-state index contributed by atoms with van der Waals surface area (Å²) in [5.41, 5.74) is 1.47. The molecule has 2 bridgehead atoms. The molecule has 1 fully saturated rings. The number of Topliss-reactive ketones (excluding diaryl/α,β-unsaturated/α-hetero) is 1. The minimum atomic E-state index is -1.34. The third-order valence-corrected chi connectivity index (χ3v) is 6.48. The lowest BCUT2D eigenvalue weighted by atomic mass is 9.66. The van der Waals surface area contributed by atoms with Crippen molar-refractivity contribution in [1.82, 2.24) is 0 Å². The van der Waals surface area contributed by atoms with E-state index >= 15 is 0 Å². The van der Waals surface area contributed by atoms with Crippen molar-refractivity contribution in [2.75, 3.05) is 20.3 Å². The first-order valence-electron chi connectivity index (χ1n) is 10.1. The van der Waals surface area contributed by atoms with Crippen molar-refractivity contribution in [1.29, 1.82) is 0 Å². The summed E-state index contributed by atoms with van der Waals surface area (Å²) in [6.45, 7) is 4.78. The molecule has 2 aromatic carbocycles. The molecule has 4 nitrogen and oxygen atoms in total. The Morgan fingerprint density at radius 1 is 1.00 bits per heavy atom. The van der Waals surface area contributed by atoms with Gasteiger partial charge in [-0.1, -0.05) is 60.7 Å². The zero-order chi connectivity index (χ0) is 20.6. The standard InChI is InChI=1S/C25H26O4/c1-4-29-16-19-15-24(2)20(17-11-7-5-8-12-17)21(18-13-9-6-10-14-18)25(19,22(24)26)23(27)28-3/h5-14,19H,4,15-16H2,1-3H3/t19-,24+,25+/m0/s1. The fraction of sp³-hybridized carbons (Fsp3) is 0.360. The Kier molecular flexibility index (Phi) is 4.91. The van der Waals surface area contributed by atoms with Crippen LogP contribution in [-0.4, -0.2) is 32.1 Å². The van der Waals surface area contributed by atoms with Crippen LogP contribution in [0.25, 0.3) is 11.1 Å². The van der Waals surface area contributed by atoms with Crippen LogP contribution in [0.2, 0.25) is 0 Å². The van der Waals surface area contributed by atoms with Crippen LogP contribution in [0.5, 0.6) is 0 Å². The molecule has 29 heavy (non-hydrogen) atoms. The summed E-state index contributed by atoms with van der Waals surface area (Å²) < 4.78 is 11.0. The molecule has 2 aliphatic rings. The predicted octanol–water partition coefficient (Wildman–Crippen LogP) is 4.40. The number of ketones is 1. The molecule has 4 rings (SSSR count). The van der Waals surface area contributed by atoms with Gasteiger partial charge in [-0.2, -0.15) is 0 Å². The van der Waals surface area contributed by atoms with E-state index < -0.39 is 16.8 Å². The molecule has 0 unspecified atom stereocenters. The van der Waals surface area contributed by atoms with Crippen LogP contribution in [0, 0.1) is 16.7 Å². The summed E-state index contributed by atoms with van der Waals surface area (Å²) in [4.78, 5) is 27.3. The second-order valence-electron chi connectivity index (χ2n) is 8.00. The highest BCUT2D eigenvalue weighted by Crippen LogP contribution is 2.69. The van der Waals surface area contributed by atoms with E-state index in [1.165, 1.54) is 7.11 Å². The highest BCUT2D eigenvalue weighted by atomic mass is 16.5. The fourth-order valence-electron chi connectivity index (χ4n) is 5.38. The number of hydrogen-bond acceptors (Lipinski definition) is 4.